The molecule has 1 aliphatic heterocycles. The van der Waals surface area contributed by atoms with E-state index in [1.807, 2.05) is 23.5 Å². The monoisotopic (exact) mass is 218 g/mol. The Morgan fingerprint density at radius 1 is 1.00 bits per heavy atom. The predicted octanol–water partition coefficient (Wildman–Crippen LogP) is 2.96. The molecule has 0 fully saturated rings. The summed E-state index contributed by atoms with van der Waals surface area (Å²) >= 11 is 5.61. The highest BCUT2D eigenvalue weighted by Crippen LogP contribution is 2.34. The van der Waals surface area contributed by atoms with Crippen molar-refractivity contribution >= 4 is 34.9 Å². The average molecular weight is 218 g/mol. The molecule has 1 nitrogen and oxygen atoms in total. The molecule has 0 N–H and O–H groups in total. The number of ether oxygens (including phenoxy) is 1. The van der Waals surface area contributed by atoms with Crippen molar-refractivity contribution in [2.45, 2.75) is 9.79 Å². The molecule has 0 amide bonds. The molecule has 1 aromatic heterocycles. The van der Waals surface area contributed by atoms with Crippen LogP contribution in [0, 0.1) is 0 Å². The molecule has 0 unspecified atom stereocenters. The summed E-state index contributed by atoms with van der Waals surface area (Å²) in [4.78, 5) is 2.88. The summed E-state index contributed by atoms with van der Waals surface area (Å²) in [6.07, 6.45) is 0. The second-order valence-corrected chi connectivity index (χ2v) is 5.43. The summed E-state index contributed by atoms with van der Waals surface area (Å²) in [6.45, 7) is 1.78. The highest BCUT2D eigenvalue weighted by atomic mass is 32.2. The SMILES string of the molecule is c1scc2c1SCCOCCS2. The van der Waals surface area contributed by atoms with Gasteiger partial charge >= 0.3 is 0 Å². The van der Waals surface area contributed by atoms with Gasteiger partial charge in [-0.25, -0.2) is 0 Å². The Kier molecular flexibility index (Phi) is 3.39. The van der Waals surface area contributed by atoms with E-state index in [-0.39, 0.29) is 0 Å². The molecular formula is C8H10OS3. The smallest absolute Gasteiger partial charge is 0.0560 e. The van der Waals surface area contributed by atoms with Crippen LogP contribution in [0.1, 0.15) is 0 Å². The first-order chi connectivity index (χ1) is 5.97. The van der Waals surface area contributed by atoms with E-state index >= 15 is 0 Å². The number of fused-ring (bicyclic) bond motifs is 1. The van der Waals surface area contributed by atoms with Crippen LogP contribution in [0.5, 0.6) is 0 Å². The zero-order valence-electron chi connectivity index (χ0n) is 6.62. The Bertz CT molecular complexity index is 224. The van der Waals surface area contributed by atoms with Gasteiger partial charge in [0.2, 0.25) is 0 Å². The van der Waals surface area contributed by atoms with E-state index in [0.29, 0.717) is 0 Å². The van der Waals surface area contributed by atoms with Crippen LogP contribution in [0.15, 0.2) is 20.6 Å². The molecular weight excluding hydrogens is 208 g/mol. The summed E-state index contributed by atoms with van der Waals surface area (Å²) in [5.41, 5.74) is 0. The Hall–Kier alpha value is 0.360. The van der Waals surface area contributed by atoms with Crippen molar-refractivity contribution in [3.63, 3.8) is 0 Å². The van der Waals surface area contributed by atoms with Gasteiger partial charge in [0.1, 0.15) is 0 Å². The molecule has 0 bridgehead atoms. The second-order valence-electron chi connectivity index (χ2n) is 2.41. The van der Waals surface area contributed by atoms with E-state index < -0.39 is 0 Å². The highest BCUT2D eigenvalue weighted by Gasteiger charge is 2.06. The molecule has 4 heteroatoms. The summed E-state index contributed by atoms with van der Waals surface area (Å²) < 4.78 is 5.42. The fourth-order valence-corrected chi connectivity index (χ4v) is 4.20. The zero-order valence-corrected chi connectivity index (χ0v) is 9.07. The van der Waals surface area contributed by atoms with Gasteiger partial charge in [0, 0.05) is 32.1 Å². The normalized spacial score (nSPS) is 19.0. The summed E-state index contributed by atoms with van der Waals surface area (Å²) in [6, 6.07) is 0. The third kappa shape index (κ3) is 2.19. The summed E-state index contributed by atoms with van der Waals surface area (Å²) in [7, 11) is 0. The highest BCUT2D eigenvalue weighted by molar-refractivity contribution is 8.02. The summed E-state index contributed by atoms with van der Waals surface area (Å²) in [5, 5.41) is 4.47. The minimum Gasteiger partial charge on any atom is -0.380 e. The van der Waals surface area contributed by atoms with Crippen LogP contribution in [0.2, 0.25) is 0 Å². The maximum absolute atomic E-state index is 5.42. The Morgan fingerprint density at radius 3 is 2.17 bits per heavy atom. The van der Waals surface area contributed by atoms with E-state index in [9.17, 15) is 0 Å². The molecule has 0 radical (unpaired) electrons. The maximum atomic E-state index is 5.42. The van der Waals surface area contributed by atoms with Gasteiger partial charge in [-0.3, -0.25) is 0 Å². The first kappa shape index (κ1) is 8.94. The van der Waals surface area contributed by atoms with Gasteiger partial charge in [-0.15, -0.1) is 23.5 Å². The zero-order chi connectivity index (χ0) is 8.23. The van der Waals surface area contributed by atoms with Gasteiger partial charge in [0.15, 0.2) is 0 Å². The van der Waals surface area contributed by atoms with E-state index in [4.69, 9.17) is 4.74 Å². The lowest BCUT2D eigenvalue weighted by Gasteiger charge is -1.97. The van der Waals surface area contributed by atoms with Gasteiger partial charge in [0.05, 0.1) is 13.2 Å². The molecule has 0 aliphatic carbocycles. The van der Waals surface area contributed by atoms with Crippen LogP contribution in [0.25, 0.3) is 0 Å². The standard InChI is InChI=1S/C8H10OS3/c1-3-11-7-5-10-6-8(7)12-4-2-9-1/h5-6H,1-4H2. The fraction of sp³-hybridized carbons (Fsp3) is 0.500. The fourth-order valence-electron chi connectivity index (χ4n) is 1.01. The molecule has 2 rings (SSSR count). The minimum absolute atomic E-state index is 0.889. The van der Waals surface area contributed by atoms with Crippen molar-refractivity contribution < 1.29 is 4.74 Å². The molecule has 1 aromatic rings. The first-order valence-corrected chi connectivity index (χ1v) is 6.78. The Morgan fingerprint density at radius 2 is 1.58 bits per heavy atom. The van der Waals surface area contributed by atoms with Gasteiger partial charge in [-0.05, 0) is 0 Å². The van der Waals surface area contributed by atoms with Crippen molar-refractivity contribution in [3.8, 4) is 0 Å². The maximum Gasteiger partial charge on any atom is 0.0560 e. The van der Waals surface area contributed by atoms with Crippen LogP contribution in [0.3, 0.4) is 0 Å². The molecule has 0 saturated carbocycles. The topological polar surface area (TPSA) is 9.23 Å². The third-order valence-electron chi connectivity index (χ3n) is 1.56. The van der Waals surface area contributed by atoms with Gasteiger partial charge in [-0.1, -0.05) is 0 Å². The van der Waals surface area contributed by atoms with Crippen LogP contribution in [-0.4, -0.2) is 24.7 Å². The van der Waals surface area contributed by atoms with Crippen LogP contribution < -0.4 is 0 Å². The lowest BCUT2D eigenvalue weighted by molar-refractivity contribution is 0.167. The molecule has 0 atom stereocenters. The van der Waals surface area contributed by atoms with Gasteiger partial charge in [-0.2, -0.15) is 11.3 Å². The van der Waals surface area contributed by atoms with Gasteiger partial charge in [0.25, 0.3) is 0 Å². The van der Waals surface area contributed by atoms with Crippen LogP contribution >= 0.6 is 34.9 Å². The quantitative estimate of drug-likeness (QED) is 0.662. The van der Waals surface area contributed by atoms with E-state index in [2.05, 4.69) is 10.8 Å². The van der Waals surface area contributed by atoms with E-state index in [1.165, 1.54) is 9.79 Å². The van der Waals surface area contributed by atoms with Gasteiger partial charge < -0.3 is 4.74 Å². The second kappa shape index (κ2) is 4.56. The first-order valence-electron chi connectivity index (χ1n) is 3.86. The Labute approximate surface area is 84.9 Å². The number of rotatable bonds is 0. The van der Waals surface area contributed by atoms with Crippen molar-refractivity contribution in [2.75, 3.05) is 24.7 Å². The molecule has 0 saturated heterocycles. The molecule has 2 heterocycles. The van der Waals surface area contributed by atoms with Crippen LogP contribution in [-0.2, 0) is 4.74 Å². The largest absolute Gasteiger partial charge is 0.380 e. The van der Waals surface area contributed by atoms with Crippen LogP contribution in [0.4, 0.5) is 0 Å². The minimum atomic E-state index is 0.889. The number of hydrogen-bond acceptors (Lipinski definition) is 4. The van der Waals surface area contributed by atoms with Crippen molar-refractivity contribution in [1.29, 1.82) is 0 Å². The molecule has 12 heavy (non-hydrogen) atoms. The summed E-state index contributed by atoms with van der Waals surface area (Å²) in [5.74, 6) is 2.18. The third-order valence-corrected chi connectivity index (χ3v) is 4.77. The lowest BCUT2D eigenvalue weighted by atomic mass is 10.7. The average Bonchev–Trinajstić information content (AvgIpc) is 2.50. The van der Waals surface area contributed by atoms with Crippen molar-refractivity contribution in [2.24, 2.45) is 0 Å². The molecule has 1 aliphatic rings. The molecule has 66 valence electrons. The molecule has 0 aromatic carbocycles. The van der Waals surface area contributed by atoms with Crippen molar-refractivity contribution in [1.82, 2.24) is 0 Å². The van der Waals surface area contributed by atoms with E-state index in [0.717, 1.165) is 24.7 Å². The Balaban J connectivity index is 2.10. The lowest BCUT2D eigenvalue weighted by Crippen LogP contribution is -1.99. The van der Waals surface area contributed by atoms with Crippen molar-refractivity contribution in [3.05, 3.63) is 10.8 Å². The predicted molar refractivity (Wildman–Crippen MR) is 56.6 cm³/mol. The molecule has 0 spiro atoms. The number of thiophene rings is 1. The van der Waals surface area contributed by atoms with E-state index in [1.54, 1.807) is 11.3 Å². The number of thioether (sulfide) groups is 2. The number of hydrogen-bond donors (Lipinski definition) is 0.